The highest BCUT2D eigenvalue weighted by atomic mass is 16.2. The molecular formula is C22H29N3O. The SMILES string of the molecule is Cc1ccccc1Cn1ccnc1CN(C(=O)C1CC1)C1CCCCC1. The first-order valence-corrected chi connectivity index (χ1v) is 10.1. The molecule has 0 aliphatic heterocycles. The van der Waals surface area contributed by atoms with Crippen molar-refractivity contribution in [2.75, 3.05) is 0 Å². The third-order valence-electron chi connectivity index (χ3n) is 5.94. The molecule has 2 aromatic rings. The fraction of sp³-hybridized carbons (Fsp3) is 0.545. The number of carbonyl (C=O) groups is 1. The average Bonchev–Trinajstić information content (AvgIpc) is 3.43. The number of aryl methyl sites for hydroxylation is 1. The van der Waals surface area contributed by atoms with Crippen LogP contribution in [0.2, 0.25) is 0 Å². The molecule has 0 atom stereocenters. The highest BCUT2D eigenvalue weighted by Crippen LogP contribution is 2.34. The van der Waals surface area contributed by atoms with Crippen molar-refractivity contribution < 1.29 is 4.79 Å². The molecule has 0 N–H and O–H groups in total. The maximum atomic E-state index is 12.9. The number of nitrogens with zero attached hydrogens (tertiary/aromatic N) is 3. The molecule has 1 heterocycles. The highest BCUT2D eigenvalue weighted by Gasteiger charge is 2.37. The van der Waals surface area contributed by atoms with E-state index in [4.69, 9.17) is 0 Å². The predicted molar refractivity (Wildman–Crippen MR) is 103 cm³/mol. The lowest BCUT2D eigenvalue weighted by Gasteiger charge is -2.34. The molecule has 4 nitrogen and oxygen atoms in total. The largest absolute Gasteiger partial charge is 0.332 e. The van der Waals surface area contributed by atoms with Gasteiger partial charge in [0.2, 0.25) is 5.91 Å². The van der Waals surface area contributed by atoms with Gasteiger partial charge in [0.25, 0.3) is 0 Å². The molecule has 26 heavy (non-hydrogen) atoms. The molecule has 138 valence electrons. The van der Waals surface area contributed by atoms with Crippen molar-refractivity contribution in [1.82, 2.24) is 14.5 Å². The molecule has 1 aromatic heterocycles. The number of hydrogen-bond acceptors (Lipinski definition) is 2. The van der Waals surface area contributed by atoms with Crippen LogP contribution in [0.5, 0.6) is 0 Å². The summed E-state index contributed by atoms with van der Waals surface area (Å²) in [6.45, 7) is 3.62. The van der Waals surface area contributed by atoms with E-state index in [-0.39, 0.29) is 5.92 Å². The quantitative estimate of drug-likeness (QED) is 0.778. The summed E-state index contributed by atoms with van der Waals surface area (Å²) in [7, 11) is 0. The first kappa shape index (κ1) is 17.3. The Bertz CT molecular complexity index is 756. The smallest absolute Gasteiger partial charge is 0.226 e. The minimum absolute atomic E-state index is 0.275. The van der Waals surface area contributed by atoms with E-state index < -0.39 is 0 Å². The van der Waals surface area contributed by atoms with Crippen molar-refractivity contribution in [2.24, 2.45) is 5.92 Å². The van der Waals surface area contributed by atoms with Gasteiger partial charge in [0.15, 0.2) is 0 Å². The Hall–Kier alpha value is -2.10. The van der Waals surface area contributed by atoms with Crippen molar-refractivity contribution in [2.45, 2.75) is 71.0 Å². The lowest BCUT2D eigenvalue weighted by Crippen LogP contribution is -2.42. The van der Waals surface area contributed by atoms with Crippen molar-refractivity contribution in [3.8, 4) is 0 Å². The molecule has 2 saturated carbocycles. The van der Waals surface area contributed by atoms with Gasteiger partial charge in [-0.25, -0.2) is 4.98 Å². The molecule has 2 aliphatic rings. The number of amides is 1. The van der Waals surface area contributed by atoms with E-state index in [1.807, 2.05) is 12.4 Å². The van der Waals surface area contributed by atoms with Crippen LogP contribution in [0.4, 0.5) is 0 Å². The maximum Gasteiger partial charge on any atom is 0.226 e. The van der Waals surface area contributed by atoms with Gasteiger partial charge in [0.1, 0.15) is 5.82 Å². The standard InChI is InChI=1S/C22H29N3O/c1-17-7-5-6-8-19(17)15-24-14-13-23-21(24)16-25(22(26)18-11-12-18)20-9-3-2-4-10-20/h5-8,13-14,18,20H,2-4,9-12,15-16H2,1H3. The second kappa shape index (κ2) is 7.65. The number of rotatable bonds is 6. The minimum atomic E-state index is 0.275. The summed E-state index contributed by atoms with van der Waals surface area (Å²) in [6, 6.07) is 8.89. The number of hydrogen-bond donors (Lipinski definition) is 0. The van der Waals surface area contributed by atoms with E-state index in [0.717, 1.165) is 38.1 Å². The molecule has 2 fully saturated rings. The van der Waals surface area contributed by atoms with Gasteiger partial charge in [-0.15, -0.1) is 0 Å². The van der Waals surface area contributed by atoms with Crippen molar-refractivity contribution in [3.63, 3.8) is 0 Å². The topological polar surface area (TPSA) is 38.1 Å². The number of aromatic nitrogens is 2. The summed E-state index contributed by atoms with van der Waals surface area (Å²) in [6.07, 6.45) is 12.2. The van der Waals surface area contributed by atoms with Crippen LogP contribution in [0.25, 0.3) is 0 Å². The molecule has 2 aliphatic carbocycles. The van der Waals surface area contributed by atoms with Gasteiger partial charge in [0, 0.05) is 30.9 Å². The van der Waals surface area contributed by atoms with Gasteiger partial charge in [-0.1, -0.05) is 43.5 Å². The predicted octanol–water partition coefficient (Wildman–Crippen LogP) is 4.31. The maximum absolute atomic E-state index is 12.9. The second-order valence-electron chi connectivity index (χ2n) is 7.93. The highest BCUT2D eigenvalue weighted by molar-refractivity contribution is 5.81. The summed E-state index contributed by atoms with van der Waals surface area (Å²) >= 11 is 0. The Morgan fingerprint density at radius 3 is 2.65 bits per heavy atom. The second-order valence-corrected chi connectivity index (χ2v) is 7.93. The molecule has 0 saturated heterocycles. The number of carbonyl (C=O) groups excluding carboxylic acids is 1. The molecule has 0 bridgehead atoms. The van der Waals surface area contributed by atoms with Crippen molar-refractivity contribution in [3.05, 3.63) is 53.6 Å². The van der Waals surface area contributed by atoms with Crippen molar-refractivity contribution in [1.29, 1.82) is 0 Å². The molecule has 0 radical (unpaired) electrons. The number of imidazole rings is 1. The monoisotopic (exact) mass is 351 g/mol. The van der Waals surface area contributed by atoms with E-state index in [9.17, 15) is 4.79 Å². The number of benzene rings is 1. The first-order valence-electron chi connectivity index (χ1n) is 10.1. The normalized spacial score (nSPS) is 18.0. The molecule has 0 unspecified atom stereocenters. The third kappa shape index (κ3) is 3.84. The Labute approximate surface area is 156 Å². The zero-order chi connectivity index (χ0) is 17.9. The Kier molecular flexibility index (Phi) is 5.09. The van der Waals surface area contributed by atoms with Gasteiger partial charge in [0.05, 0.1) is 6.54 Å². The van der Waals surface area contributed by atoms with E-state index in [0.29, 0.717) is 18.5 Å². The molecule has 1 amide bonds. The Balaban J connectivity index is 1.53. The third-order valence-corrected chi connectivity index (χ3v) is 5.94. The zero-order valence-electron chi connectivity index (χ0n) is 15.7. The summed E-state index contributed by atoms with van der Waals surface area (Å²) < 4.78 is 2.21. The van der Waals surface area contributed by atoms with Crippen LogP contribution in [-0.4, -0.2) is 26.4 Å². The lowest BCUT2D eigenvalue weighted by molar-refractivity contribution is -0.136. The summed E-state index contributed by atoms with van der Waals surface area (Å²) in [5.74, 6) is 1.65. The minimum Gasteiger partial charge on any atom is -0.332 e. The Morgan fingerprint density at radius 2 is 1.92 bits per heavy atom. The molecule has 4 heteroatoms. The van der Waals surface area contributed by atoms with Crippen LogP contribution in [0.3, 0.4) is 0 Å². The first-order chi connectivity index (χ1) is 12.7. The van der Waals surface area contributed by atoms with Gasteiger partial charge >= 0.3 is 0 Å². The van der Waals surface area contributed by atoms with E-state index in [1.165, 1.54) is 30.4 Å². The van der Waals surface area contributed by atoms with Gasteiger partial charge in [-0.05, 0) is 43.7 Å². The van der Waals surface area contributed by atoms with Crippen LogP contribution in [0.15, 0.2) is 36.7 Å². The molecule has 1 aromatic carbocycles. The van der Waals surface area contributed by atoms with Crippen LogP contribution < -0.4 is 0 Å². The zero-order valence-corrected chi connectivity index (χ0v) is 15.7. The fourth-order valence-corrected chi connectivity index (χ4v) is 4.10. The van der Waals surface area contributed by atoms with Crippen LogP contribution in [0, 0.1) is 12.8 Å². The van der Waals surface area contributed by atoms with Gasteiger partial charge in [-0.2, -0.15) is 0 Å². The molecule has 4 rings (SSSR count). The van der Waals surface area contributed by atoms with Crippen LogP contribution in [-0.2, 0) is 17.9 Å². The molecular weight excluding hydrogens is 322 g/mol. The van der Waals surface area contributed by atoms with Crippen LogP contribution in [0.1, 0.15) is 61.9 Å². The summed E-state index contributed by atoms with van der Waals surface area (Å²) in [5.41, 5.74) is 2.61. The van der Waals surface area contributed by atoms with E-state index in [2.05, 4.69) is 45.6 Å². The van der Waals surface area contributed by atoms with Crippen LogP contribution >= 0.6 is 0 Å². The Morgan fingerprint density at radius 1 is 1.15 bits per heavy atom. The van der Waals surface area contributed by atoms with E-state index in [1.54, 1.807) is 0 Å². The van der Waals surface area contributed by atoms with E-state index >= 15 is 0 Å². The van der Waals surface area contributed by atoms with Gasteiger partial charge < -0.3 is 9.47 Å². The summed E-state index contributed by atoms with van der Waals surface area (Å²) in [5, 5.41) is 0. The molecule has 0 spiro atoms. The summed E-state index contributed by atoms with van der Waals surface area (Å²) in [4.78, 5) is 19.7. The average molecular weight is 351 g/mol. The van der Waals surface area contributed by atoms with Gasteiger partial charge in [-0.3, -0.25) is 4.79 Å². The lowest BCUT2D eigenvalue weighted by atomic mass is 9.94. The van der Waals surface area contributed by atoms with Crippen molar-refractivity contribution >= 4 is 5.91 Å². The fourth-order valence-electron chi connectivity index (χ4n) is 4.10.